The Morgan fingerprint density at radius 3 is 2.53 bits per heavy atom. The molecule has 0 amide bonds. The van der Waals surface area contributed by atoms with Crippen LogP contribution in [0.2, 0.25) is 0 Å². The van der Waals surface area contributed by atoms with Crippen LogP contribution in [-0.4, -0.2) is 6.54 Å². The number of aryl methyl sites for hydroxylation is 1. The van der Waals surface area contributed by atoms with Crippen LogP contribution < -0.4 is 5.73 Å². The van der Waals surface area contributed by atoms with Crippen LogP contribution in [0.3, 0.4) is 0 Å². The maximum atomic E-state index is 13.4. The molecule has 1 atom stereocenters. The zero-order chi connectivity index (χ0) is 11.4. The fourth-order valence-corrected chi connectivity index (χ4v) is 1.67. The number of hydrogen-bond donors (Lipinski definition) is 1. The smallest absolute Gasteiger partial charge is 0.129 e. The lowest BCUT2D eigenvalue weighted by Gasteiger charge is -2.13. The summed E-state index contributed by atoms with van der Waals surface area (Å²) < 4.78 is 25.9. The summed E-state index contributed by atoms with van der Waals surface area (Å²) in [6, 6.07) is 3.26. The second-order valence-corrected chi connectivity index (χ2v) is 3.91. The molecule has 3 heteroatoms. The molecule has 0 aliphatic heterocycles. The standard InChI is InChI=1S/C12H17F2N/c1-8(3-4-15)10-5-9(2)11(7-13)12(14)6-10/h5-6,8H,3-4,7,15H2,1-2H3. The Hall–Kier alpha value is -0.960. The molecule has 0 saturated carbocycles. The molecule has 0 heterocycles. The topological polar surface area (TPSA) is 26.0 Å². The first-order valence-corrected chi connectivity index (χ1v) is 5.15. The summed E-state index contributed by atoms with van der Waals surface area (Å²) in [5.41, 5.74) is 7.18. The van der Waals surface area contributed by atoms with E-state index in [4.69, 9.17) is 5.73 Å². The Kier molecular flexibility index (Phi) is 4.21. The number of hydrogen-bond acceptors (Lipinski definition) is 1. The molecule has 1 rings (SSSR count). The van der Waals surface area contributed by atoms with E-state index in [2.05, 4.69) is 0 Å². The molecule has 2 N–H and O–H groups in total. The van der Waals surface area contributed by atoms with Gasteiger partial charge in [0.25, 0.3) is 0 Å². The van der Waals surface area contributed by atoms with Crippen molar-refractivity contribution in [1.82, 2.24) is 0 Å². The molecule has 0 aliphatic carbocycles. The fourth-order valence-electron chi connectivity index (χ4n) is 1.67. The fraction of sp³-hybridized carbons (Fsp3) is 0.500. The molecule has 15 heavy (non-hydrogen) atoms. The average Bonchev–Trinajstić information content (AvgIpc) is 2.17. The summed E-state index contributed by atoms with van der Waals surface area (Å²) in [6.45, 7) is 3.56. The summed E-state index contributed by atoms with van der Waals surface area (Å²) in [6.07, 6.45) is 0.813. The summed E-state index contributed by atoms with van der Waals surface area (Å²) in [4.78, 5) is 0. The molecule has 84 valence electrons. The highest BCUT2D eigenvalue weighted by Gasteiger charge is 2.11. The summed E-state index contributed by atoms with van der Waals surface area (Å²) in [5.74, 6) is -0.228. The third-order valence-electron chi connectivity index (χ3n) is 2.74. The Bertz CT molecular complexity index is 313. The Morgan fingerprint density at radius 1 is 1.40 bits per heavy atom. The lowest BCUT2D eigenvalue weighted by atomic mass is 9.94. The zero-order valence-corrected chi connectivity index (χ0v) is 9.19. The van der Waals surface area contributed by atoms with Crippen molar-refractivity contribution in [3.63, 3.8) is 0 Å². The van der Waals surface area contributed by atoms with Gasteiger partial charge in [0.15, 0.2) is 0 Å². The van der Waals surface area contributed by atoms with Gasteiger partial charge in [0.05, 0.1) is 0 Å². The minimum absolute atomic E-state index is 0.165. The molecule has 1 nitrogen and oxygen atoms in total. The highest BCUT2D eigenvalue weighted by molar-refractivity contribution is 5.33. The molecule has 1 aromatic rings. The average molecular weight is 213 g/mol. The minimum Gasteiger partial charge on any atom is -0.330 e. The highest BCUT2D eigenvalue weighted by atomic mass is 19.1. The van der Waals surface area contributed by atoms with E-state index in [9.17, 15) is 8.78 Å². The first-order chi connectivity index (χ1) is 7.10. The van der Waals surface area contributed by atoms with Gasteiger partial charge >= 0.3 is 0 Å². The number of alkyl halides is 1. The van der Waals surface area contributed by atoms with Gasteiger partial charge in [0.2, 0.25) is 0 Å². The number of halogens is 2. The van der Waals surface area contributed by atoms with Gasteiger partial charge in [-0.1, -0.05) is 13.0 Å². The predicted molar refractivity (Wildman–Crippen MR) is 58.0 cm³/mol. The van der Waals surface area contributed by atoms with Crippen LogP contribution in [0.15, 0.2) is 12.1 Å². The second-order valence-electron chi connectivity index (χ2n) is 3.91. The molecule has 1 aromatic carbocycles. The molecule has 0 aliphatic rings. The van der Waals surface area contributed by atoms with Crippen LogP contribution >= 0.6 is 0 Å². The van der Waals surface area contributed by atoms with E-state index in [-0.39, 0.29) is 11.5 Å². The van der Waals surface area contributed by atoms with Crippen LogP contribution in [-0.2, 0) is 6.67 Å². The number of nitrogens with two attached hydrogens (primary N) is 1. The molecule has 1 unspecified atom stereocenters. The monoisotopic (exact) mass is 213 g/mol. The first-order valence-electron chi connectivity index (χ1n) is 5.15. The molecule has 0 aromatic heterocycles. The lowest BCUT2D eigenvalue weighted by molar-refractivity contribution is 0.461. The van der Waals surface area contributed by atoms with E-state index in [1.54, 1.807) is 6.92 Å². The highest BCUT2D eigenvalue weighted by Crippen LogP contribution is 2.24. The van der Waals surface area contributed by atoms with E-state index in [0.29, 0.717) is 12.1 Å². The molecular weight excluding hydrogens is 196 g/mol. The van der Waals surface area contributed by atoms with Gasteiger partial charge in [0.1, 0.15) is 12.5 Å². The first kappa shape index (κ1) is 12.1. The van der Waals surface area contributed by atoms with Crippen molar-refractivity contribution in [2.45, 2.75) is 32.9 Å². The van der Waals surface area contributed by atoms with Crippen molar-refractivity contribution < 1.29 is 8.78 Å². The molecule has 0 bridgehead atoms. The van der Waals surface area contributed by atoms with Gasteiger partial charge in [-0.25, -0.2) is 8.78 Å². The van der Waals surface area contributed by atoms with Crippen molar-refractivity contribution in [2.24, 2.45) is 5.73 Å². The molecular formula is C12H17F2N. The van der Waals surface area contributed by atoms with Crippen LogP contribution in [0.25, 0.3) is 0 Å². The van der Waals surface area contributed by atoms with Gasteiger partial charge in [-0.05, 0) is 43.0 Å². The van der Waals surface area contributed by atoms with Crippen molar-refractivity contribution in [1.29, 1.82) is 0 Å². The zero-order valence-electron chi connectivity index (χ0n) is 9.19. The maximum absolute atomic E-state index is 13.4. The van der Waals surface area contributed by atoms with Gasteiger partial charge in [0, 0.05) is 5.56 Å². The van der Waals surface area contributed by atoms with Crippen molar-refractivity contribution >= 4 is 0 Å². The van der Waals surface area contributed by atoms with Crippen LogP contribution in [0, 0.1) is 12.7 Å². The lowest BCUT2D eigenvalue weighted by Crippen LogP contribution is -2.06. The van der Waals surface area contributed by atoms with Gasteiger partial charge < -0.3 is 5.73 Å². The van der Waals surface area contributed by atoms with Crippen LogP contribution in [0.4, 0.5) is 8.78 Å². The third kappa shape index (κ3) is 2.75. The maximum Gasteiger partial charge on any atom is 0.129 e. The Labute approximate surface area is 89.3 Å². The van der Waals surface area contributed by atoms with Gasteiger partial charge in [-0.2, -0.15) is 0 Å². The van der Waals surface area contributed by atoms with E-state index in [1.165, 1.54) is 6.07 Å². The quantitative estimate of drug-likeness (QED) is 0.817. The molecule has 0 radical (unpaired) electrons. The largest absolute Gasteiger partial charge is 0.330 e. The molecule has 0 spiro atoms. The second kappa shape index (κ2) is 5.21. The van der Waals surface area contributed by atoms with Crippen molar-refractivity contribution in [3.05, 3.63) is 34.6 Å². The third-order valence-corrected chi connectivity index (χ3v) is 2.74. The number of benzene rings is 1. The van der Waals surface area contributed by atoms with E-state index < -0.39 is 12.5 Å². The van der Waals surface area contributed by atoms with Crippen molar-refractivity contribution in [3.8, 4) is 0 Å². The normalized spacial score (nSPS) is 12.9. The number of rotatable bonds is 4. The summed E-state index contributed by atoms with van der Waals surface area (Å²) in [5, 5.41) is 0. The van der Waals surface area contributed by atoms with Crippen molar-refractivity contribution in [2.75, 3.05) is 6.54 Å². The molecule has 0 fully saturated rings. The van der Waals surface area contributed by atoms with E-state index >= 15 is 0 Å². The summed E-state index contributed by atoms with van der Waals surface area (Å²) >= 11 is 0. The Morgan fingerprint density at radius 2 is 2.07 bits per heavy atom. The van der Waals surface area contributed by atoms with Crippen LogP contribution in [0.1, 0.15) is 36.0 Å². The van der Waals surface area contributed by atoms with Crippen LogP contribution in [0.5, 0.6) is 0 Å². The summed E-state index contributed by atoms with van der Waals surface area (Å²) in [7, 11) is 0. The van der Waals surface area contributed by atoms with E-state index in [0.717, 1.165) is 12.0 Å². The SMILES string of the molecule is Cc1cc(C(C)CCN)cc(F)c1CF. The Balaban J connectivity index is 3.02. The van der Waals surface area contributed by atoms with Gasteiger partial charge in [-0.3, -0.25) is 0 Å². The minimum atomic E-state index is -0.747. The van der Waals surface area contributed by atoms with E-state index in [1.807, 2.05) is 13.0 Å². The predicted octanol–water partition coefficient (Wildman–Crippen LogP) is 3.06. The van der Waals surface area contributed by atoms with Gasteiger partial charge in [-0.15, -0.1) is 0 Å². The molecule has 0 saturated heterocycles.